The number of carbonyl (C=O) groups is 1. The van der Waals surface area contributed by atoms with Gasteiger partial charge in [-0.05, 0) is 27.2 Å². The van der Waals surface area contributed by atoms with Crippen LogP contribution >= 0.6 is 0 Å². The van der Waals surface area contributed by atoms with Gasteiger partial charge in [-0.15, -0.1) is 0 Å². The van der Waals surface area contributed by atoms with Gasteiger partial charge in [0.2, 0.25) is 5.91 Å². The molecule has 1 rings (SSSR count). The van der Waals surface area contributed by atoms with Crippen molar-refractivity contribution in [1.29, 1.82) is 0 Å². The number of rotatable bonds is 2. The Morgan fingerprint density at radius 1 is 1.50 bits per heavy atom. The Balaban J connectivity index is 2.27. The van der Waals surface area contributed by atoms with Crippen LogP contribution in [-0.2, 0) is 4.79 Å². The number of amides is 1. The van der Waals surface area contributed by atoms with Crippen molar-refractivity contribution in [1.82, 2.24) is 10.2 Å². The molecule has 70 valence electrons. The van der Waals surface area contributed by atoms with E-state index in [4.69, 9.17) is 0 Å². The van der Waals surface area contributed by atoms with Crippen LogP contribution in [0.1, 0.15) is 33.6 Å². The molecule has 0 unspecified atom stereocenters. The zero-order valence-electron chi connectivity index (χ0n) is 8.18. The quantitative estimate of drug-likeness (QED) is 0.669. The summed E-state index contributed by atoms with van der Waals surface area (Å²) in [5, 5.41) is 3.30. The van der Waals surface area contributed by atoms with Crippen molar-refractivity contribution in [3.63, 3.8) is 0 Å². The van der Waals surface area contributed by atoms with Crippen molar-refractivity contribution in [3.8, 4) is 0 Å². The molecule has 0 bridgehead atoms. The summed E-state index contributed by atoms with van der Waals surface area (Å²) in [5.74, 6) is 0.284. The van der Waals surface area contributed by atoms with E-state index in [1.807, 2.05) is 4.90 Å². The molecule has 1 fully saturated rings. The summed E-state index contributed by atoms with van der Waals surface area (Å²) in [6.07, 6.45) is 1.75. The lowest BCUT2D eigenvalue weighted by Gasteiger charge is -2.25. The molecule has 1 aliphatic rings. The molecular weight excluding hydrogens is 152 g/mol. The number of carbonyl (C=O) groups excluding carboxylic acids is 1. The van der Waals surface area contributed by atoms with Gasteiger partial charge >= 0.3 is 0 Å². The highest BCUT2D eigenvalue weighted by molar-refractivity contribution is 5.77. The van der Waals surface area contributed by atoms with Crippen LogP contribution in [0, 0.1) is 0 Å². The van der Waals surface area contributed by atoms with E-state index in [1.54, 1.807) is 0 Å². The monoisotopic (exact) mass is 170 g/mol. The topological polar surface area (TPSA) is 32.3 Å². The Labute approximate surface area is 74.1 Å². The summed E-state index contributed by atoms with van der Waals surface area (Å²) in [6.45, 7) is 7.93. The molecule has 0 atom stereocenters. The molecule has 0 aliphatic carbocycles. The van der Waals surface area contributed by atoms with Gasteiger partial charge in [0.25, 0.3) is 0 Å². The molecule has 3 heteroatoms. The second kappa shape index (κ2) is 3.44. The van der Waals surface area contributed by atoms with Crippen LogP contribution in [0.2, 0.25) is 0 Å². The normalized spacial score (nSPS) is 18.9. The molecule has 0 saturated carbocycles. The Hall–Kier alpha value is -0.570. The fourth-order valence-corrected chi connectivity index (χ4v) is 1.20. The number of hydrogen-bond acceptors (Lipinski definition) is 2. The third-order valence-electron chi connectivity index (χ3n) is 1.97. The van der Waals surface area contributed by atoms with Gasteiger partial charge in [-0.3, -0.25) is 10.1 Å². The average Bonchev–Trinajstić information content (AvgIpc) is 2.29. The minimum absolute atomic E-state index is 0.100. The predicted molar refractivity (Wildman–Crippen MR) is 48.7 cm³/mol. The molecule has 0 radical (unpaired) electrons. The Kier molecular flexibility index (Phi) is 2.73. The maximum absolute atomic E-state index is 11.2. The first-order valence-corrected chi connectivity index (χ1v) is 4.52. The van der Waals surface area contributed by atoms with E-state index < -0.39 is 0 Å². The summed E-state index contributed by atoms with van der Waals surface area (Å²) in [5.41, 5.74) is 0.100. The van der Waals surface area contributed by atoms with Gasteiger partial charge in [0.05, 0.1) is 6.67 Å². The highest BCUT2D eigenvalue weighted by Gasteiger charge is 2.21. The molecule has 1 saturated heterocycles. The van der Waals surface area contributed by atoms with E-state index in [0.29, 0.717) is 6.67 Å². The molecule has 1 aliphatic heterocycles. The molecular formula is C9H18N2O. The molecule has 12 heavy (non-hydrogen) atoms. The Morgan fingerprint density at radius 2 is 2.17 bits per heavy atom. The number of hydrogen-bond donors (Lipinski definition) is 1. The van der Waals surface area contributed by atoms with Crippen LogP contribution in [-0.4, -0.2) is 29.6 Å². The lowest BCUT2D eigenvalue weighted by atomic mass is 10.1. The standard InChI is InChI=1S/C9H18N2O/c1-9(2,3)10-7-11-6-4-5-8(11)12/h10H,4-7H2,1-3H3. The molecule has 1 heterocycles. The average molecular weight is 170 g/mol. The lowest BCUT2D eigenvalue weighted by Crippen LogP contribution is -2.44. The smallest absolute Gasteiger partial charge is 0.223 e. The highest BCUT2D eigenvalue weighted by atomic mass is 16.2. The van der Waals surface area contributed by atoms with Crippen molar-refractivity contribution in [2.75, 3.05) is 13.2 Å². The Morgan fingerprint density at radius 3 is 2.58 bits per heavy atom. The second-order valence-corrected chi connectivity index (χ2v) is 4.35. The largest absolute Gasteiger partial charge is 0.330 e. The van der Waals surface area contributed by atoms with Crippen molar-refractivity contribution in [2.45, 2.75) is 39.2 Å². The minimum atomic E-state index is 0.100. The SMILES string of the molecule is CC(C)(C)NCN1CCCC1=O. The summed E-state index contributed by atoms with van der Waals surface area (Å²) in [7, 11) is 0. The molecule has 3 nitrogen and oxygen atoms in total. The molecule has 0 aromatic carbocycles. The van der Waals surface area contributed by atoms with Crippen LogP contribution in [0.3, 0.4) is 0 Å². The zero-order chi connectivity index (χ0) is 9.19. The van der Waals surface area contributed by atoms with Crippen molar-refractivity contribution >= 4 is 5.91 Å². The van der Waals surface area contributed by atoms with Crippen LogP contribution in [0.5, 0.6) is 0 Å². The van der Waals surface area contributed by atoms with Crippen molar-refractivity contribution < 1.29 is 4.79 Å². The van der Waals surface area contributed by atoms with Gasteiger partial charge in [0.15, 0.2) is 0 Å². The van der Waals surface area contributed by atoms with Gasteiger partial charge in [-0.1, -0.05) is 0 Å². The summed E-state index contributed by atoms with van der Waals surface area (Å²) in [4.78, 5) is 13.1. The summed E-state index contributed by atoms with van der Waals surface area (Å²) < 4.78 is 0. The summed E-state index contributed by atoms with van der Waals surface area (Å²) in [6, 6.07) is 0. The van der Waals surface area contributed by atoms with Crippen molar-refractivity contribution in [2.24, 2.45) is 0 Å². The van der Waals surface area contributed by atoms with E-state index in [1.165, 1.54) is 0 Å². The fraction of sp³-hybridized carbons (Fsp3) is 0.889. The van der Waals surface area contributed by atoms with Crippen LogP contribution in [0.4, 0.5) is 0 Å². The van der Waals surface area contributed by atoms with Gasteiger partial charge in [-0.25, -0.2) is 0 Å². The zero-order valence-corrected chi connectivity index (χ0v) is 8.18. The summed E-state index contributed by atoms with van der Waals surface area (Å²) >= 11 is 0. The number of nitrogens with one attached hydrogen (secondary N) is 1. The maximum Gasteiger partial charge on any atom is 0.223 e. The van der Waals surface area contributed by atoms with Gasteiger partial charge in [0, 0.05) is 18.5 Å². The van der Waals surface area contributed by atoms with E-state index in [-0.39, 0.29) is 11.4 Å². The van der Waals surface area contributed by atoms with E-state index in [2.05, 4.69) is 26.1 Å². The van der Waals surface area contributed by atoms with Crippen LogP contribution in [0.25, 0.3) is 0 Å². The molecule has 0 spiro atoms. The van der Waals surface area contributed by atoms with Crippen LogP contribution in [0.15, 0.2) is 0 Å². The number of likely N-dealkylation sites (tertiary alicyclic amines) is 1. The molecule has 1 amide bonds. The maximum atomic E-state index is 11.2. The van der Waals surface area contributed by atoms with Gasteiger partial charge < -0.3 is 4.90 Å². The highest BCUT2D eigenvalue weighted by Crippen LogP contribution is 2.09. The van der Waals surface area contributed by atoms with Crippen LogP contribution < -0.4 is 5.32 Å². The molecule has 0 aromatic rings. The van der Waals surface area contributed by atoms with Gasteiger partial charge in [0.1, 0.15) is 0 Å². The lowest BCUT2D eigenvalue weighted by molar-refractivity contribution is -0.128. The third kappa shape index (κ3) is 2.81. The van der Waals surface area contributed by atoms with E-state index >= 15 is 0 Å². The third-order valence-corrected chi connectivity index (χ3v) is 1.97. The van der Waals surface area contributed by atoms with E-state index in [0.717, 1.165) is 19.4 Å². The first kappa shape index (κ1) is 9.52. The first-order chi connectivity index (χ1) is 5.49. The van der Waals surface area contributed by atoms with E-state index in [9.17, 15) is 4.79 Å². The first-order valence-electron chi connectivity index (χ1n) is 4.52. The second-order valence-electron chi connectivity index (χ2n) is 4.35. The predicted octanol–water partition coefficient (Wildman–Crippen LogP) is 0.954. The van der Waals surface area contributed by atoms with Crippen molar-refractivity contribution in [3.05, 3.63) is 0 Å². The Bertz CT molecular complexity index is 172. The molecule has 1 N–H and O–H groups in total. The fourth-order valence-electron chi connectivity index (χ4n) is 1.20. The molecule has 0 aromatic heterocycles. The minimum Gasteiger partial charge on any atom is -0.330 e. The van der Waals surface area contributed by atoms with Gasteiger partial charge in [-0.2, -0.15) is 0 Å². The number of nitrogens with zero attached hydrogens (tertiary/aromatic N) is 1.